The molecule has 4 aromatic carbocycles. The first-order valence-corrected chi connectivity index (χ1v) is 45.9. The number of benzene rings is 4. The lowest BCUT2D eigenvalue weighted by molar-refractivity contribution is -0.0737. The molecule has 0 aliphatic carbocycles. The summed E-state index contributed by atoms with van der Waals surface area (Å²) in [7, 11) is -7.35. The van der Waals surface area contributed by atoms with Crippen LogP contribution in [0, 0.1) is 35.5 Å². The standard InChI is InChI=1S/C78H130O8Si4/c1-58(45-52-70(84-88(22,23)75(10,11)12)63(6)73(62(5)56-79)81-57-64-47-50-68(80-19)51-48-64)54-61(4)72(86-90(26,27)77(16,17)18)60(3)46-49-69(83-87(20,21)74(7,8)9)55-71(85-89(24,25)76(13,14)15)59(2)38-37-53-82-78(65-39-31-28-32-40-65,66-41-33-29-34-42-66)67-43-35-30-36-44-67/h28-44,46-51,58-63,69-73,79H,45,52-57H2,1-27H3/t58-,59-,60-,61+,62-,63-,69+,70-,71-,72-,73-/m0/s1. The summed E-state index contributed by atoms with van der Waals surface area (Å²) < 4.78 is 49.8. The van der Waals surface area contributed by atoms with Gasteiger partial charge < -0.3 is 37.0 Å². The van der Waals surface area contributed by atoms with Crippen LogP contribution in [0.4, 0.5) is 0 Å². The Morgan fingerprint density at radius 1 is 0.456 bits per heavy atom. The van der Waals surface area contributed by atoms with E-state index in [9.17, 15) is 5.11 Å². The smallest absolute Gasteiger partial charge is 0.192 e. The summed E-state index contributed by atoms with van der Waals surface area (Å²) in [5, 5.41) is 10.7. The number of aliphatic hydroxyl groups is 1. The Kier molecular flexibility index (Phi) is 29.4. The van der Waals surface area contributed by atoms with Crippen molar-refractivity contribution >= 4 is 33.3 Å². The molecule has 11 atom stereocenters. The highest BCUT2D eigenvalue weighted by Gasteiger charge is 2.46. The van der Waals surface area contributed by atoms with E-state index in [0.717, 1.165) is 53.7 Å². The van der Waals surface area contributed by atoms with Crippen molar-refractivity contribution in [3.05, 3.63) is 162 Å². The van der Waals surface area contributed by atoms with E-state index < -0.39 is 38.9 Å². The van der Waals surface area contributed by atoms with Gasteiger partial charge in [0.1, 0.15) is 11.4 Å². The summed E-state index contributed by atoms with van der Waals surface area (Å²) in [5.41, 5.74) is 3.52. The van der Waals surface area contributed by atoms with Crippen LogP contribution in [0.1, 0.15) is 173 Å². The van der Waals surface area contributed by atoms with Gasteiger partial charge in [0.15, 0.2) is 33.3 Å². The van der Waals surface area contributed by atoms with Gasteiger partial charge in [0.05, 0.1) is 50.8 Å². The molecule has 0 aromatic heterocycles. The van der Waals surface area contributed by atoms with E-state index in [1.54, 1.807) is 7.11 Å². The lowest BCUT2D eigenvalue weighted by atomic mass is 9.80. The van der Waals surface area contributed by atoms with E-state index in [-0.39, 0.29) is 86.9 Å². The summed E-state index contributed by atoms with van der Waals surface area (Å²) in [6.45, 7) is 62.1. The van der Waals surface area contributed by atoms with Crippen molar-refractivity contribution < 1.29 is 37.0 Å². The highest BCUT2D eigenvalue weighted by molar-refractivity contribution is 6.75. The third-order valence-electron chi connectivity index (χ3n) is 21.4. The Hall–Kier alpha value is -3.25. The maximum Gasteiger partial charge on any atom is 0.192 e. The molecule has 0 aliphatic heterocycles. The molecule has 0 spiro atoms. The van der Waals surface area contributed by atoms with Crippen LogP contribution in [0.5, 0.6) is 5.75 Å². The zero-order chi connectivity index (χ0) is 67.9. The highest BCUT2D eigenvalue weighted by Crippen LogP contribution is 2.46. The summed E-state index contributed by atoms with van der Waals surface area (Å²) in [6, 6.07) is 40.0. The van der Waals surface area contributed by atoms with Gasteiger partial charge in [-0.05, 0) is 150 Å². The van der Waals surface area contributed by atoms with E-state index in [2.05, 4.69) is 304 Å². The molecule has 0 amide bonds. The molecule has 0 saturated carbocycles. The fraction of sp³-hybridized carbons (Fsp3) is 0.641. The van der Waals surface area contributed by atoms with Gasteiger partial charge in [0, 0.05) is 24.9 Å². The second kappa shape index (κ2) is 33.4. The van der Waals surface area contributed by atoms with Crippen molar-refractivity contribution in [2.24, 2.45) is 35.5 Å². The van der Waals surface area contributed by atoms with Gasteiger partial charge in [-0.3, -0.25) is 0 Å². The molecule has 0 unspecified atom stereocenters. The summed E-state index contributed by atoms with van der Waals surface area (Å²) in [6.07, 6.45) is 12.5. The average molecular weight is 1310 g/mol. The van der Waals surface area contributed by atoms with Crippen molar-refractivity contribution in [2.45, 2.75) is 266 Å². The first kappa shape index (κ1) is 79.2. The Labute approximate surface area is 556 Å². The van der Waals surface area contributed by atoms with Crippen LogP contribution in [-0.2, 0) is 39.4 Å². The van der Waals surface area contributed by atoms with E-state index in [1.165, 1.54) is 0 Å². The SMILES string of the molecule is COc1ccc(CO[C@H]([C@@H](C)[C@H](CC[C@H](C)C[C@@H](C)[C@@H](O[Si](C)(C)C(C)(C)C)[C@@H](C)C=C[C@H](C[C@H](O[Si](C)(C)C(C)(C)C)[C@@H](C)C=CCOC(c2ccccc2)(c2ccccc2)c2ccccc2)O[Si](C)(C)C(C)(C)C)O[Si](C)(C)C(C)(C)C)[C@@H](C)CO)cc1. The van der Waals surface area contributed by atoms with E-state index in [4.69, 9.17) is 31.9 Å². The molecule has 8 nitrogen and oxygen atoms in total. The molecule has 0 radical (unpaired) electrons. The van der Waals surface area contributed by atoms with Crippen LogP contribution in [0.15, 0.2) is 140 Å². The monoisotopic (exact) mass is 1310 g/mol. The van der Waals surface area contributed by atoms with Gasteiger partial charge in [-0.1, -0.05) is 252 Å². The van der Waals surface area contributed by atoms with Crippen molar-refractivity contribution in [2.75, 3.05) is 20.3 Å². The first-order chi connectivity index (χ1) is 41.5. The summed E-state index contributed by atoms with van der Waals surface area (Å²) >= 11 is 0. The van der Waals surface area contributed by atoms with Crippen LogP contribution in [-0.4, -0.2) is 89.2 Å². The van der Waals surface area contributed by atoms with Gasteiger partial charge in [-0.2, -0.15) is 0 Å². The van der Waals surface area contributed by atoms with Gasteiger partial charge in [0.2, 0.25) is 0 Å². The van der Waals surface area contributed by atoms with Crippen molar-refractivity contribution in [3.8, 4) is 5.75 Å². The van der Waals surface area contributed by atoms with Crippen LogP contribution in [0.2, 0.25) is 72.5 Å². The number of rotatable bonds is 35. The zero-order valence-corrected chi connectivity index (χ0v) is 65.9. The Morgan fingerprint density at radius 2 is 0.889 bits per heavy atom. The number of hydrogen-bond donors (Lipinski definition) is 1. The molecule has 506 valence electrons. The Morgan fingerprint density at radius 3 is 1.32 bits per heavy atom. The van der Waals surface area contributed by atoms with Gasteiger partial charge in [-0.15, -0.1) is 0 Å². The predicted molar refractivity (Wildman–Crippen MR) is 394 cm³/mol. The molecular weight excluding hydrogens is 1180 g/mol. The lowest BCUT2D eigenvalue weighted by Gasteiger charge is -2.44. The molecule has 0 fully saturated rings. The highest BCUT2D eigenvalue weighted by atomic mass is 28.4. The van der Waals surface area contributed by atoms with Gasteiger partial charge in [0.25, 0.3) is 0 Å². The van der Waals surface area contributed by atoms with Crippen LogP contribution >= 0.6 is 0 Å². The minimum absolute atomic E-state index is 0.000461. The number of ether oxygens (including phenoxy) is 3. The molecule has 0 saturated heterocycles. The minimum Gasteiger partial charge on any atom is -0.497 e. The molecule has 4 rings (SSSR count). The maximum atomic E-state index is 10.7. The first-order valence-electron chi connectivity index (χ1n) is 34.3. The van der Waals surface area contributed by atoms with Crippen LogP contribution in [0.3, 0.4) is 0 Å². The molecule has 12 heteroatoms. The van der Waals surface area contributed by atoms with Crippen molar-refractivity contribution in [1.29, 1.82) is 0 Å². The third-order valence-corrected chi connectivity index (χ3v) is 39.4. The Bertz CT molecular complexity index is 2640. The quantitative estimate of drug-likeness (QED) is 0.0277. The molecule has 90 heavy (non-hydrogen) atoms. The zero-order valence-electron chi connectivity index (χ0n) is 61.9. The van der Waals surface area contributed by atoms with Crippen LogP contribution < -0.4 is 4.74 Å². The van der Waals surface area contributed by atoms with E-state index in [0.29, 0.717) is 19.1 Å². The van der Waals surface area contributed by atoms with Gasteiger partial charge in [-0.25, -0.2) is 0 Å². The molecule has 0 aliphatic rings. The molecular formula is C78H130O8Si4. The predicted octanol–water partition coefficient (Wildman–Crippen LogP) is 21.6. The second-order valence-corrected chi connectivity index (χ2v) is 52.0. The van der Waals surface area contributed by atoms with Crippen molar-refractivity contribution in [3.63, 3.8) is 0 Å². The number of aliphatic hydroxyl groups excluding tert-OH is 1. The second-order valence-electron chi connectivity index (χ2n) is 33.0. The van der Waals surface area contributed by atoms with E-state index >= 15 is 0 Å². The molecule has 0 heterocycles. The number of methoxy groups -OCH3 is 1. The van der Waals surface area contributed by atoms with Crippen molar-refractivity contribution in [1.82, 2.24) is 0 Å². The minimum atomic E-state index is -2.30. The maximum absolute atomic E-state index is 10.7. The lowest BCUT2D eigenvalue weighted by Crippen LogP contribution is -2.48. The van der Waals surface area contributed by atoms with E-state index in [1.807, 2.05) is 12.1 Å². The number of hydrogen-bond acceptors (Lipinski definition) is 8. The molecule has 1 N–H and O–H groups in total. The van der Waals surface area contributed by atoms with Crippen LogP contribution in [0.25, 0.3) is 0 Å². The van der Waals surface area contributed by atoms with Gasteiger partial charge >= 0.3 is 0 Å². The summed E-state index contributed by atoms with van der Waals surface area (Å²) in [5.74, 6) is 1.65. The molecule has 0 bridgehead atoms. The third kappa shape index (κ3) is 22.2. The normalized spacial score (nSPS) is 17.6. The largest absolute Gasteiger partial charge is 0.497 e. The fourth-order valence-corrected chi connectivity index (χ4v) is 16.9. The average Bonchev–Trinajstić information content (AvgIpc) is 0.816. The Balaban J connectivity index is 1.72. The molecule has 4 aromatic rings. The summed E-state index contributed by atoms with van der Waals surface area (Å²) in [4.78, 5) is 0. The fourth-order valence-electron chi connectivity index (χ4n) is 11.3. The topological polar surface area (TPSA) is 84.8 Å².